The van der Waals surface area contributed by atoms with Crippen LogP contribution in [-0.2, 0) is 6.54 Å². The fraction of sp³-hybridized carbons (Fsp3) is 0.786. The molecule has 1 fully saturated rings. The molecule has 0 bridgehead atoms. The van der Waals surface area contributed by atoms with Crippen LogP contribution in [0.3, 0.4) is 0 Å². The molecule has 1 aromatic heterocycles. The van der Waals surface area contributed by atoms with Gasteiger partial charge in [0.15, 0.2) is 0 Å². The third-order valence-corrected chi connectivity index (χ3v) is 4.64. The highest BCUT2D eigenvalue weighted by atomic mass is 32.1. The maximum Gasteiger partial charge on any atom is 0.0897 e. The summed E-state index contributed by atoms with van der Waals surface area (Å²) in [6.07, 6.45) is 6.73. The molecule has 2 nitrogen and oxygen atoms in total. The largest absolute Gasteiger partial charge is 0.308 e. The van der Waals surface area contributed by atoms with E-state index < -0.39 is 0 Å². The molecule has 0 amide bonds. The van der Waals surface area contributed by atoms with Gasteiger partial charge < -0.3 is 5.32 Å². The zero-order valence-corrected chi connectivity index (χ0v) is 12.1. The van der Waals surface area contributed by atoms with E-state index in [2.05, 4.69) is 36.5 Å². The molecule has 1 aliphatic carbocycles. The van der Waals surface area contributed by atoms with Crippen molar-refractivity contribution in [2.75, 3.05) is 0 Å². The predicted octanol–water partition coefficient (Wildman–Crippen LogP) is 3.90. The molecule has 0 aliphatic heterocycles. The van der Waals surface area contributed by atoms with E-state index in [0.717, 1.165) is 6.54 Å². The molecule has 1 N–H and O–H groups in total. The first kappa shape index (κ1) is 13.0. The van der Waals surface area contributed by atoms with Crippen LogP contribution in [0.1, 0.15) is 56.7 Å². The van der Waals surface area contributed by atoms with Crippen molar-refractivity contribution in [1.82, 2.24) is 10.3 Å². The van der Waals surface area contributed by atoms with Gasteiger partial charge in [-0.1, -0.05) is 20.3 Å². The fourth-order valence-corrected chi connectivity index (χ4v) is 3.22. The van der Waals surface area contributed by atoms with E-state index in [1.807, 2.05) is 0 Å². The van der Waals surface area contributed by atoms with Gasteiger partial charge in [-0.15, -0.1) is 11.3 Å². The second kappa shape index (κ2) is 5.49. The van der Waals surface area contributed by atoms with Crippen molar-refractivity contribution < 1.29 is 0 Å². The summed E-state index contributed by atoms with van der Waals surface area (Å²) < 4.78 is 0. The van der Waals surface area contributed by atoms with Gasteiger partial charge in [0.2, 0.25) is 0 Å². The van der Waals surface area contributed by atoms with Crippen molar-refractivity contribution in [3.05, 3.63) is 16.1 Å². The SMILES string of the molecule is Cc1nc(CNC2CCCC(C)(C)CC2)cs1. The summed E-state index contributed by atoms with van der Waals surface area (Å²) in [4.78, 5) is 4.50. The van der Waals surface area contributed by atoms with Gasteiger partial charge in [-0.2, -0.15) is 0 Å². The summed E-state index contributed by atoms with van der Waals surface area (Å²) >= 11 is 1.74. The number of thiazole rings is 1. The Kier molecular flexibility index (Phi) is 4.21. The van der Waals surface area contributed by atoms with Crippen LogP contribution < -0.4 is 5.32 Å². The van der Waals surface area contributed by atoms with Crippen molar-refractivity contribution in [3.63, 3.8) is 0 Å². The zero-order valence-electron chi connectivity index (χ0n) is 11.3. The smallest absolute Gasteiger partial charge is 0.0897 e. The van der Waals surface area contributed by atoms with E-state index in [9.17, 15) is 0 Å². The minimum Gasteiger partial charge on any atom is -0.308 e. The first-order valence-electron chi connectivity index (χ1n) is 6.70. The van der Waals surface area contributed by atoms with Crippen LogP contribution in [0.15, 0.2) is 5.38 Å². The minimum absolute atomic E-state index is 0.549. The average Bonchev–Trinajstić information content (AvgIpc) is 2.59. The molecule has 0 saturated heterocycles. The molecule has 3 heteroatoms. The number of hydrogen-bond acceptors (Lipinski definition) is 3. The number of nitrogens with one attached hydrogen (secondary N) is 1. The Bertz CT molecular complexity index is 357. The summed E-state index contributed by atoms with van der Waals surface area (Å²) in [5, 5.41) is 7.01. The molecule has 1 aliphatic rings. The Labute approximate surface area is 109 Å². The number of nitrogens with zero attached hydrogens (tertiary/aromatic N) is 1. The topological polar surface area (TPSA) is 24.9 Å². The van der Waals surface area contributed by atoms with Gasteiger partial charge in [-0.3, -0.25) is 0 Å². The molecular weight excluding hydrogens is 228 g/mol. The van der Waals surface area contributed by atoms with Crippen molar-refractivity contribution >= 4 is 11.3 Å². The van der Waals surface area contributed by atoms with Gasteiger partial charge in [0, 0.05) is 18.0 Å². The maximum absolute atomic E-state index is 4.50. The lowest BCUT2D eigenvalue weighted by atomic mass is 9.85. The Morgan fingerprint density at radius 1 is 1.41 bits per heavy atom. The van der Waals surface area contributed by atoms with Gasteiger partial charge in [0.05, 0.1) is 10.7 Å². The minimum atomic E-state index is 0.549. The van der Waals surface area contributed by atoms with Crippen LogP contribution in [0.5, 0.6) is 0 Å². The zero-order chi connectivity index (χ0) is 12.3. The Balaban J connectivity index is 1.79. The number of aromatic nitrogens is 1. The van der Waals surface area contributed by atoms with Crippen LogP contribution in [-0.4, -0.2) is 11.0 Å². The maximum atomic E-state index is 4.50. The molecule has 0 aromatic carbocycles. The Hall–Kier alpha value is -0.410. The highest BCUT2D eigenvalue weighted by Crippen LogP contribution is 2.33. The highest BCUT2D eigenvalue weighted by Gasteiger charge is 2.23. The molecule has 0 radical (unpaired) electrons. The van der Waals surface area contributed by atoms with Gasteiger partial charge in [-0.25, -0.2) is 4.98 Å². The second-order valence-corrected chi connectivity index (χ2v) is 7.09. The van der Waals surface area contributed by atoms with Crippen LogP contribution >= 0.6 is 11.3 Å². The number of hydrogen-bond donors (Lipinski definition) is 1. The first-order valence-corrected chi connectivity index (χ1v) is 7.57. The van der Waals surface area contributed by atoms with Gasteiger partial charge in [0.25, 0.3) is 0 Å². The molecule has 1 atom stereocenters. The summed E-state index contributed by atoms with van der Waals surface area (Å²) in [6.45, 7) is 7.82. The second-order valence-electron chi connectivity index (χ2n) is 6.03. The molecule has 1 aromatic rings. The van der Waals surface area contributed by atoms with Crippen LogP contribution in [0, 0.1) is 12.3 Å². The summed E-state index contributed by atoms with van der Waals surface area (Å²) in [6, 6.07) is 0.693. The average molecular weight is 252 g/mol. The first-order chi connectivity index (χ1) is 8.05. The van der Waals surface area contributed by atoms with Gasteiger partial charge >= 0.3 is 0 Å². The van der Waals surface area contributed by atoms with Crippen molar-refractivity contribution in [2.24, 2.45) is 5.41 Å². The highest BCUT2D eigenvalue weighted by molar-refractivity contribution is 7.09. The van der Waals surface area contributed by atoms with Crippen LogP contribution in [0.2, 0.25) is 0 Å². The summed E-state index contributed by atoms with van der Waals surface area (Å²) in [7, 11) is 0. The van der Waals surface area contributed by atoms with E-state index in [1.165, 1.54) is 42.8 Å². The van der Waals surface area contributed by atoms with Crippen molar-refractivity contribution in [3.8, 4) is 0 Å². The van der Waals surface area contributed by atoms with Gasteiger partial charge in [-0.05, 0) is 38.0 Å². The van der Waals surface area contributed by atoms with Crippen LogP contribution in [0.25, 0.3) is 0 Å². The summed E-state index contributed by atoms with van der Waals surface area (Å²) in [5.41, 5.74) is 1.75. The van der Waals surface area contributed by atoms with E-state index in [0.29, 0.717) is 11.5 Å². The molecule has 0 spiro atoms. The lowest BCUT2D eigenvalue weighted by molar-refractivity contribution is 0.309. The molecule has 1 heterocycles. The number of rotatable bonds is 3. The Morgan fingerprint density at radius 2 is 2.24 bits per heavy atom. The molecule has 2 rings (SSSR count). The molecule has 17 heavy (non-hydrogen) atoms. The molecular formula is C14H24N2S. The van der Waals surface area contributed by atoms with Crippen molar-refractivity contribution in [2.45, 2.75) is 65.5 Å². The fourth-order valence-electron chi connectivity index (χ4n) is 2.60. The molecule has 1 saturated carbocycles. The number of aryl methyl sites for hydroxylation is 1. The van der Waals surface area contributed by atoms with E-state index in [4.69, 9.17) is 0 Å². The van der Waals surface area contributed by atoms with E-state index in [1.54, 1.807) is 11.3 Å². The third-order valence-electron chi connectivity index (χ3n) is 3.81. The van der Waals surface area contributed by atoms with Crippen molar-refractivity contribution in [1.29, 1.82) is 0 Å². The van der Waals surface area contributed by atoms with E-state index >= 15 is 0 Å². The lowest BCUT2D eigenvalue weighted by Gasteiger charge is -2.22. The van der Waals surface area contributed by atoms with E-state index in [-0.39, 0.29) is 0 Å². The third kappa shape index (κ3) is 4.07. The van der Waals surface area contributed by atoms with Crippen LogP contribution in [0.4, 0.5) is 0 Å². The molecule has 1 unspecified atom stereocenters. The van der Waals surface area contributed by atoms with Gasteiger partial charge in [0.1, 0.15) is 0 Å². The Morgan fingerprint density at radius 3 is 2.94 bits per heavy atom. The summed E-state index contributed by atoms with van der Waals surface area (Å²) in [5.74, 6) is 0. The standard InChI is InChI=1S/C14H24N2S/c1-11-16-13(10-17-11)9-15-12-5-4-7-14(2,3)8-6-12/h10,12,15H,4-9H2,1-3H3. The quantitative estimate of drug-likeness (QED) is 0.825. The lowest BCUT2D eigenvalue weighted by Crippen LogP contribution is -2.28. The monoisotopic (exact) mass is 252 g/mol. The predicted molar refractivity (Wildman–Crippen MR) is 74.3 cm³/mol. The molecule has 96 valence electrons. The normalized spacial score (nSPS) is 24.5.